The molecule has 26 N–H and O–H groups in total. The fraction of sp³-hybridized carbons (Fsp3) is 1.00. The molecule has 0 aromatic rings. The van der Waals surface area contributed by atoms with E-state index in [9.17, 15) is 40.9 Å². The fourth-order valence-corrected chi connectivity index (χ4v) is 6.05. The summed E-state index contributed by atoms with van der Waals surface area (Å²) in [5.41, 5.74) is -4.87. The van der Waals surface area contributed by atoms with E-state index < -0.39 is 46.8 Å². The van der Waals surface area contributed by atoms with Crippen LogP contribution in [-0.4, -0.2) is 98.9 Å². The zero-order valence-electron chi connectivity index (χ0n) is 18.7. The standard InChI is InChI=1S/C14H24O8.8Cu.8H2O/c15-7(16)11-1-12(8(17)18)4-13(2-11,9(19)20)6-14(3-11,5-12)10(21)22;;;;;;;;;;;;;;;;/h7-10,15-22H,1-6H2;;;;;;;;;8*1H2/p+2. The number of rotatable bonds is 4. The van der Waals surface area contributed by atoms with Gasteiger partial charge in [0.15, 0.2) is 25.2 Å². The van der Waals surface area contributed by atoms with E-state index in [1.165, 1.54) is 0 Å². The van der Waals surface area contributed by atoms with Crippen molar-refractivity contribution in [2.45, 2.75) is 63.7 Å². The molecule has 0 aliphatic heterocycles. The summed E-state index contributed by atoms with van der Waals surface area (Å²) < 4.78 is 0. The van der Waals surface area contributed by atoms with Crippen molar-refractivity contribution in [2.24, 2.45) is 21.7 Å². The minimum atomic E-state index is -1.82. The van der Waals surface area contributed by atoms with Gasteiger partial charge in [0.1, 0.15) is 0 Å². The third kappa shape index (κ3) is 14.5. The molecule has 24 heteroatoms. The maximum atomic E-state index is 9.87. The Labute approximate surface area is 303 Å². The third-order valence-corrected chi connectivity index (χ3v) is 6.42. The van der Waals surface area contributed by atoms with Crippen LogP contribution >= 0.6 is 0 Å². The van der Waals surface area contributed by atoms with Gasteiger partial charge in [0.2, 0.25) is 0 Å². The van der Waals surface area contributed by atoms with E-state index in [2.05, 4.69) is 0 Å². The molecule has 4 bridgehead atoms. The molecule has 38 heavy (non-hydrogen) atoms. The van der Waals surface area contributed by atoms with E-state index in [0.717, 1.165) is 0 Å². The molecule has 0 spiro atoms. The minimum Gasteiger partial charge on any atom is -0.457 e. The first kappa shape index (κ1) is 90.0. The van der Waals surface area contributed by atoms with Crippen LogP contribution in [0.1, 0.15) is 38.5 Å². The first-order valence-electron chi connectivity index (χ1n) is 7.46. The number of hydrogen-bond donors (Lipinski definition) is 8. The van der Waals surface area contributed by atoms with Gasteiger partial charge < -0.3 is 84.7 Å². The Morgan fingerprint density at radius 3 is 0.421 bits per heavy atom. The molecule has 0 aromatic carbocycles. The smallest absolute Gasteiger partial charge is 0.157 e. The minimum absolute atomic E-state index is 0. The van der Waals surface area contributed by atoms with Gasteiger partial charge in [-0.15, -0.1) is 0 Å². The first-order valence-corrected chi connectivity index (χ1v) is 7.46. The van der Waals surface area contributed by atoms with Crippen molar-refractivity contribution >= 4 is 0 Å². The summed E-state index contributed by atoms with van der Waals surface area (Å²) in [5.74, 6) is 0. The van der Waals surface area contributed by atoms with Crippen molar-refractivity contribution < 1.29 is 221 Å². The van der Waals surface area contributed by atoms with Crippen LogP contribution in [0.3, 0.4) is 0 Å². The van der Waals surface area contributed by atoms with Crippen molar-refractivity contribution in [1.29, 1.82) is 0 Å². The molecular weight excluding hydrogens is 933 g/mol. The summed E-state index contributed by atoms with van der Waals surface area (Å²) in [6.45, 7) is 0. The van der Waals surface area contributed by atoms with Crippen LogP contribution in [0.5, 0.6) is 0 Å². The van der Waals surface area contributed by atoms with Crippen LogP contribution in [0.4, 0.5) is 0 Å². The summed E-state index contributed by atoms with van der Waals surface area (Å²) in [5, 5.41) is 79.0. The van der Waals surface area contributed by atoms with Crippen LogP contribution in [-0.2, 0) is 148 Å². The normalized spacial score (nSPS) is 27.5. The molecule has 16 nitrogen and oxygen atoms in total. The zero-order valence-corrected chi connectivity index (χ0v) is 26.2. The van der Waals surface area contributed by atoms with Gasteiger partial charge in [-0.25, -0.2) is 0 Å². The van der Waals surface area contributed by atoms with Crippen molar-refractivity contribution in [3.8, 4) is 0 Å². The van der Waals surface area contributed by atoms with Gasteiger partial charge in [-0.3, -0.25) is 0 Å². The predicted molar refractivity (Wildman–Crippen MR) is 102 cm³/mol. The van der Waals surface area contributed by atoms with Crippen molar-refractivity contribution in [3.05, 3.63) is 0 Å². The third-order valence-electron chi connectivity index (χ3n) is 6.42. The summed E-state index contributed by atoms with van der Waals surface area (Å²) in [6.07, 6.45) is -6.78. The Bertz CT molecular complexity index is 378. The van der Waals surface area contributed by atoms with Gasteiger partial charge >= 0.3 is 0 Å². The Balaban J connectivity index is -0.0000000300. The molecular formula is C14H42Cu8O16+2. The molecule has 4 aliphatic rings. The maximum absolute atomic E-state index is 9.87. The Morgan fingerprint density at radius 1 is 0.289 bits per heavy atom. The summed E-state index contributed by atoms with van der Waals surface area (Å²) in [4.78, 5) is 0. The molecule has 0 saturated heterocycles. The molecule has 4 rings (SSSR count). The average Bonchev–Trinajstić information content (AvgIpc) is 2.36. The van der Waals surface area contributed by atoms with Crippen LogP contribution < -0.4 is 0 Å². The maximum Gasteiger partial charge on any atom is 0.157 e. The van der Waals surface area contributed by atoms with Crippen LogP contribution in [0.15, 0.2) is 0 Å². The Morgan fingerprint density at radius 2 is 0.368 bits per heavy atom. The second-order valence-corrected chi connectivity index (χ2v) is 8.00. The topological polar surface area (TPSA) is 417 Å². The van der Waals surface area contributed by atoms with Gasteiger partial charge in [-0.1, -0.05) is 0 Å². The SMILES string of the molecule is O.O.O.O.O.O.OC(O)C12CC3(C(O)O)CC(C(O)O)(C1)CC(C(O)O)(C2)C3.[Cu].[Cu].[Cu].[Cu].[Cu].[Cu].[Cu].[Cu].[OH3+].[OH3+]. The molecule has 4 fully saturated rings. The largest absolute Gasteiger partial charge is 0.457 e. The molecule has 0 unspecified atom stereocenters. The summed E-state index contributed by atoms with van der Waals surface area (Å²) in [7, 11) is 0. The van der Waals surface area contributed by atoms with Crippen molar-refractivity contribution in [3.63, 3.8) is 0 Å². The fourth-order valence-electron chi connectivity index (χ4n) is 6.05. The Hall–Kier alpha value is 3.52. The molecule has 4 saturated carbocycles. The second-order valence-electron chi connectivity index (χ2n) is 8.00. The summed E-state index contributed by atoms with van der Waals surface area (Å²) >= 11 is 0. The van der Waals surface area contributed by atoms with E-state index in [-0.39, 0.29) is 219 Å². The predicted octanol–water partition coefficient (Wildman–Crippen LogP) is -9.26. The van der Waals surface area contributed by atoms with Gasteiger partial charge in [0.05, 0.1) is 0 Å². The molecule has 4 aliphatic carbocycles. The molecule has 0 amide bonds. The molecule has 280 valence electrons. The average molecular weight is 975 g/mol. The van der Waals surface area contributed by atoms with E-state index in [4.69, 9.17) is 0 Å². The summed E-state index contributed by atoms with van der Waals surface area (Å²) in [6, 6.07) is 0. The van der Waals surface area contributed by atoms with Crippen LogP contribution in [0, 0.1) is 21.7 Å². The first-order chi connectivity index (χ1) is 10.0. The van der Waals surface area contributed by atoms with E-state index >= 15 is 0 Å². The van der Waals surface area contributed by atoms with Crippen LogP contribution in [0.2, 0.25) is 0 Å². The van der Waals surface area contributed by atoms with E-state index in [0.29, 0.717) is 0 Å². The zero-order chi connectivity index (χ0) is 16.6. The van der Waals surface area contributed by atoms with Gasteiger partial charge in [-0.05, 0) is 38.5 Å². The van der Waals surface area contributed by atoms with Gasteiger partial charge in [0.25, 0.3) is 0 Å². The second kappa shape index (κ2) is 30.5. The number of hydrogen-bond acceptors (Lipinski definition) is 8. The monoisotopic (exact) mass is 970 g/mol. The van der Waals surface area contributed by atoms with E-state index in [1.54, 1.807) is 0 Å². The molecule has 0 heterocycles. The van der Waals surface area contributed by atoms with Crippen molar-refractivity contribution in [1.82, 2.24) is 0 Å². The van der Waals surface area contributed by atoms with Crippen molar-refractivity contribution in [2.75, 3.05) is 0 Å². The quantitative estimate of drug-likeness (QED) is 0.0758. The molecule has 0 aromatic heterocycles. The molecule has 0 atom stereocenters. The van der Waals surface area contributed by atoms with E-state index in [1.807, 2.05) is 0 Å². The molecule has 8 radical (unpaired) electrons. The number of aliphatic hydroxyl groups excluding tert-OH is 4. The van der Waals surface area contributed by atoms with Gasteiger partial charge in [-0.2, -0.15) is 0 Å². The Kier molecular flexibility index (Phi) is 72.3. The number of aliphatic hydroxyl groups is 8. The van der Waals surface area contributed by atoms with Crippen LogP contribution in [0.25, 0.3) is 0 Å². The van der Waals surface area contributed by atoms with Gasteiger partial charge in [0, 0.05) is 158 Å².